The van der Waals surface area contributed by atoms with Gasteiger partial charge in [-0.05, 0) is 12.3 Å². The summed E-state index contributed by atoms with van der Waals surface area (Å²) in [5.74, 6) is 0.937. The fourth-order valence-electron chi connectivity index (χ4n) is 0.486. The van der Waals surface area contributed by atoms with Crippen LogP contribution in [-0.4, -0.2) is 6.29 Å². The summed E-state index contributed by atoms with van der Waals surface area (Å²) in [5.41, 5.74) is 0. The van der Waals surface area contributed by atoms with Crippen LogP contribution in [-0.2, 0) is 4.79 Å². The number of carbonyl (C=O) groups excluding carboxylic acids is 1. The van der Waals surface area contributed by atoms with Crippen molar-refractivity contribution in [1.82, 2.24) is 0 Å². The maximum Gasteiger partial charge on any atom is 0.202 e. The summed E-state index contributed by atoms with van der Waals surface area (Å²) in [6.45, 7) is 2.07. The molecule has 1 heteroatoms. The molecule has 0 N–H and O–H groups in total. The zero-order chi connectivity index (χ0) is 4.57. The molecule has 0 saturated heterocycles. The zero-order valence-corrected chi connectivity index (χ0v) is 3.77. The summed E-state index contributed by atoms with van der Waals surface area (Å²) in [7, 11) is 0. The molecule has 0 unspecified atom stereocenters. The van der Waals surface area contributed by atoms with E-state index in [1.807, 2.05) is 6.29 Å². The molecule has 1 radical (unpaired) electrons. The highest BCUT2D eigenvalue weighted by Crippen LogP contribution is 2.34. The van der Waals surface area contributed by atoms with Gasteiger partial charge in [0.25, 0.3) is 0 Å². The van der Waals surface area contributed by atoms with E-state index in [4.69, 9.17) is 0 Å². The molecule has 0 amide bonds. The molecule has 1 fully saturated rings. The van der Waals surface area contributed by atoms with Crippen LogP contribution in [0, 0.1) is 11.8 Å². The quantitative estimate of drug-likeness (QED) is 0.457. The average Bonchev–Trinajstić information content (AvgIpc) is 2.19. The molecule has 0 bridgehead atoms. The maximum atomic E-state index is 9.65. The highest BCUT2D eigenvalue weighted by atomic mass is 16.1. The molecule has 33 valence electrons. The van der Waals surface area contributed by atoms with Crippen molar-refractivity contribution in [3.8, 4) is 0 Å². The van der Waals surface area contributed by atoms with E-state index in [-0.39, 0.29) is 0 Å². The van der Waals surface area contributed by atoms with Crippen molar-refractivity contribution in [2.75, 3.05) is 0 Å². The van der Waals surface area contributed by atoms with E-state index < -0.39 is 0 Å². The standard InChI is InChI=1S/C5H7O/c1-4-2-5(4)3-6/h4-5H,2H2,1H3/t4-,5+/m1/s1. The number of rotatable bonds is 1. The van der Waals surface area contributed by atoms with Crippen molar-refractivity contribution >= 4 is 6.29 Å². The van der Waals surface area contributed by atoms with Crippen LogP contribution in [0.2, 0.25) is 0 Å². The van der Waals surface area contributed by atoms with E-state index in [1.54, 1.807) is 0 Å². The Kier molecular flexibility index (Phi) is 0.685. The van der Waals surface area contributed by atoms with Crippen LogP contribution >= 0.6 is 0 Å². The molecule has 0 aromatic heterocycles. The second-order valence-corrected chi connectivity index (χ2v) is 1.94. The fourth-order valence-corrected chi connectivity index (χ4v) is 0.486. The van der Waals surface area contributed by atoms with Gasteiger partial charge in [0.15, 0.2) is 0 Å². The van der Waals surface area contributed by atoms with Crippen molar-refractivity contribution in [3.05, 3.63) is 0 Å². The van der Waals surface area contributed by atoms with Gasteiger partial charge in [-0.2, -0.15) is 0 Å². The lowest BCUT2D eigenvalue weighted by atomic mass is 10.4. The first-order valence-electron chi connectivity index (χ1n) is 2.22. The van der Waals surface area contributed by atoms with Gasteiger partial charge in [0.2, 0.25) is 6.29 Å². The van der Waals surface area contributed by atoms with Gasteiger partial charge in [-0.3, -0.25) is 4.79 Å². The molecule has 0 heterocycles. The van der Waals surface area contributed by atoms with Crippen LogP contribution in [0.3, 0.4) is 0 Å². The molecule has 0 aromatic rings. The Hall–Kier alpha value is -0.330. The average molecular weight is 83.1 g/mol. The highest BCUT2D eigenvalue weighted by molar-refractivity contribution is 5.58. The topological polar surface area (TPSA) is 17.1 Å². The van der Waals surface area contributed by atoms with Crippen LogP contribution in [0.5, 0.6) is 0 Å². The van der Waals surface area contributed by atoms with Crippen LogP contribution in [0.4, 0.5) is 0 Å². The molecule has 1 saturated carbocycles. The molecule has 2 atom stereocenters. The molecule has 1 rings (SSSR count). The minimum absolute atomic E-state index is 0.296. The van der Waals surface area contributed by atoms with Crippen molar-refractivity contribution in [3.63, 3.8) is 0 Å². The first-order valence-corrected chi connectivity index (χ1v) is 2.22. The van der Waals surface area contributed by atoms with Crippen molar-refractivity contribution < 1.29 is 4.79 Å². The molecule has 6 heavy (non-hydrogen) atoms. The lowest BCUT2D eigenvalue weighted by Crippen LogP contribution is -1.73. The van der Waals surface area contributed by atoms with E-state index in [0.717, 1.165) is 6.42 Å². The van der Waals surface area contributed by atoms with E-state index in [2.05, 4.69) is 6.92 Å². The molecule has 1 aliphatic carbocycles. The van der Waals surface area contributed by atoms with Crippen molar-refractivity contribution in [2.45, 2.75) is 13.3 Å². The summed E-state index contributed by atoms with van der Waals surface area (Å²) in [6, 6.07) is 0. The smallest absolute Gasteiger partial charge is 0.202 e. The fraction of sp³-hybridized carbons (Fsp3) is 0.800. The number of hydrogen-bond acceptors (Lipinski definition) is 1. The molecule has 0 aromatic carbocycles. The van der Waals surface area contributed by atoms with Crippen LogP contribution < -0.4 is 0 Å². The van der Waals surface area contributed by atoms with Crippen molar-refractivity contribution in [2.24, 2.45) is 11.8 Å². The lowest BCUT2D eigenvalue weighted by molar-refractivity contribution is 0.546. The van der Waals surface area contributed by atoms with E-state index >= 15 is 0 Å². The first-order chi connectivity index (χ1) is 2.84. The molecule has 1 nitrogen and oxygen atoms in total. The van der Waals surface area contributed by atoms with Gasteiger partial charge < -0.3 is 0 Å². The third kappa shape index (κ3) is 0.445. The minimum Gasteiger partial charge on any atom is -0.291 e. The second kappa shape index (κ2) is 1.07. The van der Waals surface area contributed by atoms with Crippen LogP contribution in [0.15, 0.2) is 0 Å². The Labute approximate surface area is 37.4 Å². The molecular weight excluding hydrogens is 76.1 g/mol. The third-order valence-electron chi connectivity index (χ3n) is 1.26. The summed E-state index contributed by atoms with van der Waals surface area (Å²) in [6.07, 6.45) is 3.01. The number of hydrogen-bond donors (Lipinski definition) is 0. The summed E-state index contributed by atoms with van der Waals surface area (Å²) in [5, 5.41) is 0. The van der Waals surface area contributed by atoms with Gasteiger partial charge in [0, 0.05) is 5.92 Å². The molecule has 1 aliphatic rings. The Bertz CT molecular complexity index is 68.3. The third-order valence-corrected chi connectivity index (χ3v) is 1.26. The van der Waals surface area contributed by atoms with Crippen LogP contribution in [0.25, 0.3) is 0 Å². The molecule has 0 spiro atoms. The first kappa shape index (κ1) is 3.85. The van der Waals surface area contributed by atoms with Gasteiger partial charge in [0.05, 0.1) is 0 Å². The highest BCUT2D eigenvalue weighted by Gasteiger charge is 2.32. The SMILES string of the molecule is C[C@@H]1C[C@H]1[C]=O. The van der Waals surface area contributed by atoms with Crippen molar-refractivity contribution in [1.29, 1.82) is 0 Å². The Morgan fingerprint density at radius 3 is 2.33 bits per heavy atom. The summed E-state index contributed by atoms with van der Waals surface area (Å²) >= 11 is 0. The summed E-state index contributed by atoms with van der Waals surface area (Å²) < 4.78 is 0. The Morgan fingerprint density at radius 1 is 1.83 bits per heavy atom. The Morgan fingerprint density at radius 2 is 2.33 bits per heavy atom. The summed E-state index contributed by atoms with van der Waals surface area (Å²) in [4.78, 5) is 9.65. The van der Waals surface area contributed by atoms with Gasteiger partial charge in [-0.1, -0.05) is 6.92 Å². The van der Waals surface area contributed by atoms with E-state index in [1.165, 1.54) is 0 Å². The van der Waals surface area contributed by atoms with Gasteiger partial charge in [0.1, 0.15) is 0 Å². The van der Waals surface area contributed by atoms with Gasteiger partial charge >= 0.3 is 0 Å². The largest absolute Gasteiger partial charge is 0.291 e. The predicted octanol–water partition coefficient (Wildman–Crippen LogP) is 0.752. The zero-order valence-electron chi connectivity index (χ0n) is 3.77. The monoisotopic (exact) mass is 83.0 g/mol. The second-order valence-electron chi connectivity index (χ2n) is 1.94. The van der Waals surface area contributed by atoms with Crippen LogP contribution in [0.1, 0.15) is 13.3 Å². The normalized spacial score (nSPS) is 42.2. The van der Waals surface area contributed by atoms with E-state index in [9.17, 15) is 4.79 Å². The van der Waals surface area contributed by atoms with Gasteiger partial charge in [-0.15, -0.1) is 0 Å². The minimum atomic E-state index is 0.296. The lowest BCUT2D eigenvalue weighted by Gasteiger charge is -1.65. The maximum absolute atomic E-state index is 9.65. The molecule has 0 aliphatic heterocycles. The molecular formula is C5H7O. The van der Waals surface area contributed by atoms with E-state index in [0.29, 0.717) is 11.8 Å². The predicted molar refractivity (Wildman–Crippen MR) is 23.0 cm³/mol. The Balaban J connectivity index is 2.25. The van der Waals surface area contributed by atoms with Gasteiger partial charge in [-0.25, -0.2) is 0 Å².